The lowest BCUT2D eigenvalue weighted by molar-refractivity contribution is 0.399. The van der Waals surface area contributed by atoms with Crippen molar-refractivity contribution in [1.29, 1.82) is 0 Å². The van der Waals surface area contributed by atoms with Gasteiger partial charge < -0.3 is 5.32 Å². The molecule has 0 saturated heterocycles. The summed E-state index contributed by atoms with van der Waals surface area (Å²) in [5, 5.41) is 3.60. The molecule has 0 aliphatic rings. The van der Waals surface area contributed by atoms with Crippen molar-refractivity contribution in [2.45, 2.75) is 92.4 Å². The van der Waals surface area contributed by atoms with Gasteiger partial charge in [0, 0.05) is 0 Å². The molecule has 0 fully saturated rings. The van der Waals surface area contributed by atoms with Crippen LogP contribution in [0.3, 0.4) is 0 Å². The third-order valence-corrected chi connectivity index (χ3v) is 4.06. The first-order chi connectivity index (χ1) is 9.52. The van der Waals surface area contributed by atoms with Gasteiger partial charge in [0.1, 0.15) is 0 Å². The smallest absolute Gasteiger partial charge is 0.00489 e. The van der Waals surface area contributed by atoms with Gasteiger partial charge in [0.15, 0.2) is 0 Å². The zero-order chi connectivity index (χ0) is 15.2. The Labute approximate surface area is 129 Å². The molecule has 1 nitrogen and oxygen atoms in total. The minimum absolute atomic E-state index is 0.860. The average Bonchev–Trinajstić information content (AvgIpc) is 2.34. The summed E-state index contributed by atoms with van der Waals surface area (Å²) < 4.78 is 0. The highest BCUT2D eigenvalue weighted by molar-refractivity contribution is 4.58. The van der Waals surface area contributed by atoms with Crippen molar-refractivity contribution in [2.75, 3.05) is 13.1 Å². The molecule has 1 heteroatoms. The molecule has 20 heavy (non-hydrogen) atoms. The molecule has 0 heterocycles. The van der Waals surface area contributed by atoms with E-state index in [1.165, 1.54) is 70.9 Å². The van der Waals surface area contributed by atoms with Crippen molar-refractivity contribution in [2.24, 2.45) is 17.8 Å². The molecule has 0 radical (unpaired) electrons. The van der Waals surface area contributed by atoms with Gasteiger partial charge in [0.05, 0.1) is 0 Å². The minimum Gasteiger partial charge on any atom is -0.317 e. The Hall–Kier alpha value is -0.0400. The third-order valence-electron chi connectivity index (χ3n) is 4.06. The molecule has 0 saturated carbocycles. The number of hydrogen-bond acceptors (Lipinski definition) is 1. The van der Waals surface area contributed by atoms with E-state index in [2.05, 4.69) is 39.9 Å². The molecule has 1 atom stereocenters. The van der Waals surface area contributed by atoms with Gasteiger partial charge in [-0.25, -0.2) is 0 Å². The summed E-state index contributed by atoms with van der Waals surface area (Å²) in [6.45, 7) is 14.2. The van der Waals surface area contributed by atoms with E-state index in [0.29, 0.717) is 0 Å². The van der Waals surface area contributed by atoms with E-state index >= 15 is 0 Å². The maximum absolute atomic E-state index is 3.60. The molecule has 1 N–H and O–H groups in total. The predicted molar refractivity (Wildman–Crippen MR) is 93.3 cm³/mol. The molecule has 0 aromatic carbocycles. The van der Waals surface area contributed by atoms with E-state index in [-0.39, 0.29) is 0 Å². The van der Waals surface area contributed by atoms with Gasteiger partial charge in [-0.3, -0.25) is 0 Å². The lowest BCUT2D eigenvalue weighted by Crippen LogP contribution is -2.16. The fourth-order valence-corrected chi connectivity index (χ4v) is 2.95. The van der Waals surface area contributed by atoms with Crippen LogP contribution in [0.25, 0.3) is 0 Å². The second-order valence-corrected chi connectivity index (χ2v) is 7.58. The molecule has 0 aromatic heterocycles. The van der Waals surface area contributed by atoms with Crippen LogP contribution < -0.4 is 5.32 Å². The number of hydrogen-bond donors (Lipinski definition) is 1. The summed E-state index contributed by atoms with van der Waals surface area (Å²) >= 11 is 0. The SMILES string of the molecule is CC(C)CCCCCCNCCCCC(C)CC(C)C. The first-order valence-electron chi connectivity index (χ1n) is 9.23. The average molecular weight is 284 g/mol. The normalized spacial score (nSPS) is 13.3. The zero-order valence-corrected chi connectivity index (χ0v) is 15.0. The maximum Gasteiger partial charge on any atom is -0.00489 e. The Morgan fingerprint density at radius 2 is 1.15 bits per heavy atom. The van der Waals surface area contributed by atoms with Crippen LogP contribution in [0.5, 0.6) is 0 Å². The van der Waals surface area contributed by atoms with Gasteiger partial charge in [-0.15, -0.1) is 0 Å². The molecule has 1 unspecified atom stereocenters. The monoisotopic (exact) mass is 283 g/mol. The Bertz CT molecular complexity index is 186. The second kappa shape index (κ2) is 13.9. The van der Waals surface area contributed by atoms with Crippen molar-refractivity contribution >= 4 is 0 Å². The van der Waals surface area contributed by atoms with Crippen molar-refractivity contribution < 1.29 is 0 Å². The summed E-state index contributed by atoms with van der Waals surface area (Å²) in [5.41, 5.74) is 0. The van der Waals surface area contributed by atoms with Crippen LogP contribution in [0.1, 0.15) is 92.4 Å². The largest absolute Gasteiger partial charge is 0.317 e. The van der Waals surface area contributed by atoms with Gasteiger partial charge in [0.2, 0.25) is 0 Å². The van der Waals surface area contributed by atoms with Crippen LogP contribution in [0, 0.1) is 17.8 Å². The summed E-state index contributed by atoms with van der Waals surface area (Å²) in [6.07, 6.45) is 12.6. The molecule has 0 aliphatic carbocycles. The summed E-state index contributed by atoms with van der Waals surface area (Å²) in [5.74, 6) is 2.65. The van der Waals surface area contributed by atoms with E-state index in [1.807, 2.05) is 0 Å². The topological polar surface area (TPSA) is 12.0 Å². The molecule has 0 aliphatic heterocycles. The Morgan fingerprint density at radius 3 is 1.75 bits per heavy atom. The lowest BCUT2D eigenvalue weighted by Gasteiger charge is -2.13. The van der Waals surface area contributed by atoms with Gasteiger partial charge in [-0.05, 0) is 50.1 Å². The van der Waals surface area contributed by atoms with Crippen molar-refractivity contribution in [1.82, 2.24) is 5.32 Å². The quantitative estimate of drug-likeness (QED) is 0.383. The van der Waals surface area contributed by atoms with Gasteiger partial charge in [-0.2, -0.15) is 0 Å². The molecule has 0 aromatic rings. The molecule has 0 bridgehead atoms. The Kier molecular flexibility index (Phi) is 13.9. The fraction of sp³-hybridized carbons (Fsp3) is 1.00. The standard InChI is InChI=1S/C19H41N/c1-17(2)12-8-6-7-10-14-20-15-11-9-13-19(5)16-18(3)4/h17-20H,6-16H2,1-5H3. The molecule has 122 valence electrons. The Balaban J connectivity index is 3.10. The van der Waals surface area contributed by atoms with Crippen LogP contribution >= 0.6 is 0 Å². The van der Waals surface area contributed by atoms with E-state index in [4.69, 9.17) is 0 Å². The van der Waals surface area contributed by atoms with Crippen LogP contribution in [0.15, 0.2) is 0 Å². The van der Waals surface area contributed by atoms with E-state index < -0.39 is 0 Å². The number of rotatable bonds is 14. The van der Waals surface area contributed by atoms with Crippen LogP contribution in [0.4, 0.5) is 0 Å². The van der Waals surface area contributed by atoms with Gasteiger partial charge >= 0.3 is 0 Å². The minimum atomic E-state index is 0.860. The molecule has 0 amide bonds. The van der Waals surface area contributed by atoms with Gasteiger partial charge in [0.25, 0.3) is 0 Å². The third kappa shape index (κ3) is 16.0. The maximum atomic E-state index is 3.60. The molecule has 0 spiro atoms. The number of nitrogens with one attached hydrogen (secondary N) is 1. The highest BCUT2D eigenvalue weighted by Gasteiger charge is 2.04. The second-order valence-electron chi connectivity index (χ2n) is 7.58. The first kappa shape index (κ1) is 20.0. The predicted octanol–water partition coefficient (Wildman–Crippen LogP) is 6.04. The van der Waals surface area contributed by atoms with Crippen molar-refractivity contribution in [3.05, 3.63) is 0 Å². The Morgan fingerprint density at radius 1 is 0.600 bits per heavy atom. The molecular weight excluding hydrogens is 242 g/mol. The summed E-state index contributed by atoms with van der Waals surface area (Å²) in [6, 6.07) is 0. The van der Waals surface area contributed by atoms with E-state index in [0.717, 1.165) is 17.8 Å². The van der Waals surface area contributed by atoms with Crippen LogP contribution in [0.2, 0.25) is 0 Å². The van der Waals surface area contributed by atoms with E-state index in [9.17, 15) is 0 Å². The van der Waals surface area contributed by atoms with E-state index in [1.54, 1.807) is 0 Å². The fourth-order valence-electron chi connectivity index (χ4n) is 2.95. The van der Waals surface area contributed by atoms with Gasteiger partial charge in [-0.1, -0.05) is 73.1 Å². The highest BCUT2D eigenvalue weighted by atomic mass is 14.8. The van der Waals surface area contributed by atoms with Crippen molar-refractivity contribution in [3.63, 3.8) is 0 Å². The summed E-state index contributed by atoms with van der Waals surface area (Å²) in [7, 11) is 0. The molecule has 0 rings (SSSR count). The van der Waals surface area contributed by atoms with Crippen LogP contribution in [-0.2, 0) is 0 Å². The molecular formula is C19H41N. The van der Waals surface area contributed by atoms with Crippen LogP contribution in [-0.4, -0.2) is 13.1 Å². The lowest BCUT2D eigenvalue weighted by atomic mass is 9.94. The summed E-state index contributed by atoms with van der Waals surface area (Å²) in [4.78, 5) is 0. The first-order valence-corrected chi connectivity index (χ1v) is 9.23. The number of unbranched alkanes of at least 4 members (excludes halogenated alkanes) is 4. The highest BCUT2D eigenvalue weighted by Crippen LogP contribution is 2.16. The van der Waals surface area contributed by atoms with Crippen molar-refractivity contribution in [3.8, 4) is 0 Å². The zero-order valence-electron chi connectivity index (χ0n) is 15.0.